The number of nitrogens with zero attached hydrogens (tertiary/aromatic N) is 4. The zero-order valence-corrected chi connectivity index (χ0v) is 14.8. The van der Waals surface area contributed by atoms with Crippen molar-refractivity contribution in [3.05, 3.63) is 70.1 Å². The number of aromatic amines is 1. The Hall–Kier alpha value is -3.99. The lowest BCUT2D eigenvalue weighted by atomic mass is 10.1. The number of amides is 2. The lowest BCUT2D eigenvalue weighted by Gasteiger charge is -2.34. The van der Waals surface area contributed by atoms with Crippen LogP contribution in [0, 0.1) is 11.3 Å². The van der Waals surface area contributed by atoms with Crippen LogP contribution in [0.5, 0.6) is 0 Å². The lowest BCUT2D eigenvalue weighted by Crippen LogP contribution is -2.52. The first-order valence-corrected chi connectivity index (χ1v) is 8.66. The number of aromatic nitrogens is 2. The maximum atomic E-state index is 13.0. The number of benzene rings is 2. The quantitative estimate of drug-likeness (QED) is 0.728. The van der Waals surface area contributed by atoms with Gasteiger partial charge in [0.15, 0.2) is 5.69 Å². The van der Waals surface area contributed by atoms with E-state index in [4.69, 9.17) is 0 Å². The predicted octanol–water partition coefficient (Wildman–Crippen LogP) is 1.28. The van der Waals surface area contributed by atoms with Crippen LogP contribution < -0.4 is 10.5 Å². The molecule has 1 fully saturated rings. The molecule has 1 N–H and O–H groups in total. The summed E-state index contributed by atoms with van der Waals surface area (Å²) in [6.07, 6.45) is 0. The Morgan fingerprint density at radius 2 is 1.75 bits per heavy atom. The Morgan fingerprint density at radius 1 is 1.04 bits per heavy atom. The van der Waals surface area contributed by atoms with Gasteiger partial charge in [0.2, 0.25) is 5.91 Å². The van der Waals surface area contributed by atoms with E-state index in [0.29, 0.717) is 28.6 Å². The first kappa shape index (κ1) is 17.4. The number of carbonyl (C=O) groups excluding carboxylic acids is 2. The van der Waals surface area contributed by atoms with Crippen LogP contribution in [-0.4, -0.2) is 46.5 Å². The molecule has 8 heteroatoms. The van der Waals surface area contributed by atoms with E-state index in [1.807, 2.05) is 0 Å². The highest BCUT2D eigenvalue weighted by molar-refractivity contribution is 6.07. The second-order valence-corrected chi connectivity index (χ2v) is 6.35. The van der Waals surface area contributed by atoms with Crippen molar-refractivity contribution in [2.75, 3.05) is 24.5 Å². The van der Waals surface area contributed by atoms with Gasteiger partial charge in [0, 0.05) is 18.5 Å². The topological polar surface area (TPSA) is 110 Å². The van der Waals surface area contributed by atoms with Crippen LogP contribution in [0.3, 0.4) is 0 Å². The number of H-pyrrole nitrogens is 1. The van der Waals surface area contributed by atoms with Crippen molar-refractivity contribution >= 4 is 28.3 Å². The van der Waals surface area contributed by atoms with Gasteiger partial charge in [-0.2, -0.15) is 10.4 Å². The fourth-order valence-corrected chi connectivity index (χ4v) is 3.33. The van der Waals surface area contributed by atoms with E-state index in [0.717, 1.165) is 0 Å². The molecule has 0 bridgehead atoms. The van der Waals surface area contributed by atoms with Crippen LogP contribution in [-0.2, 0) is 4.79 Å². The minimum Gasteiger partial charge on any atom is -0.326 e. The Labute approximate surface area is 159 Å². The molecule has 0 unspecified atom stereocenters. The summed E-state index contributed by atoms with van der Waals surface area (Å²) in [6.45, 7) is 0.428. The van der Waals surface area contributed by atoms with Gasteiger partial charge in [-0.3, -0.25) is 14.4 Å². The summed E-state index contributed by atoms with van der Waals surface area (Å²) in [5.41, 5.74) is 0.675. The average Bonchev–Trinajstić information content (AvgIpc) is 2.74. The highest BCUT2D eigenvalue weighted by Gasteiger charge is 2.31. The normalized spacial score (nSPS) is 14.2. The van der Waals surface area contributed by atoms with Gasteiger partial charge in [-0.05, 0) is 18.2 Å². The zero-order chi connectivity index (χ0) is 19.7. The van der Waals surface area contributed by atoms with Crippen molar-refractivity contribution in [3.63, 3.8) is 0 Å². The molecule has 138 valence electrons. The van der Waals surface area contributed by atoms with Gasteiger partial charge in [0.05, 0.1) is 16.6 Å². The largest absolute Gasteiger partial charge is 0.326 e. The number of piperazine rings is 1. The van der Waals surface area contributed by atoms with Gasteiger partial charge in [0.25, 0.3) is 11.5 Å². The molecular weight excluding hydrogens is 358 g/mol. The van der Waals surface area contributed by atoms with E-state index in [1.165, 1.54) is 9.80 Å². The molecule has 2 heterocycles. The molecule has 8 nitrogen and oxygen atoms in total. The van der Waals surface area contributed by atoms with Crippen molar-refractivity contribution in [2.24, 2.45) is 0 Å². The molecule has 3 aromatic rings. The van der Waals surface area contributed by atoms with Crippen LogP contribution in [0.4, 0.5) is 5.69 Å². The standard InChI is InChI=1S/C20H15N5O3/c21-11-13-5-1-4-8-16(13)25-10-9-24(12-17(25)26)20(28)18-14-6-2-3-7-15(14)19(27)23-22-18/h1-8H,9-10,12H2,(H,23,27). The maximum Gasteiger partial charge on any atom is 0.275 e. The van der Waals surface area contributed by atoms with Crippen LogP contribution in [0.1, 0.15) is 16.1 Å². The molecule has 0 atom stereocenters. The third kappa shape index (κ3) is 2.89. The number of hydrogen-bond donors (Lipinski definition) is 1. The second kappa shape index (κ2) is 6.96. The van der Waals surface area contributed by atoms with Gasteiger partial charge in [-0.1, -0.05) is 30.3 Å². The summed E-state index contributed by atoms with van der Waals surface area (Å²) in [6, 6.07) is 15.7. The number of hydrogen-bond acceptors (Lipinski definition) is 5. The predicted molar refractivity (Wildman–Crippen MR) is 102 cm³/mol. The van der Waals surface area contributed by atoms with E-state index in [1.54, 1.807) is 48.5 Å². The van der Waals surface area contributed by atoms with Crippen molar-refractivity contribution in [1.29, 1.82) is 5.26 Å². The number of nitrogens with one attached hydrogen (secondary N) is 1. The van der Waals surface area contributed by atoms with E-state index < -0.39 is 5.91 Å². The molecule has 28 heavy (non-hydrogen) atoms. The highest BCUT2D eigenvalue weighted by Crippen LogP contribution is 2.23. The fraction of sp³-hybridized carbons (Fsp3) is 0.150. The van der Waals surface area contributed by atoms with Gasteiger partial charge >= 0.3 is 0 Å². The number of fused-ring (bicyclic) bond motifs is 1. The van der Waals surface area contributed by atoms with E-state index >= 15 is 0 Å². The fourth-order valence-electron chi connectivity index (χ4n) is 3.33. The molecule has 1 aliphatic heterocycles. The molecule has 0 radical (unpaired) electrons. The molecule has 1 saturated heterocycles. The Kier molecular flexibility index (Phi) is 4.33. The first-order valence-electron chi connectivity index (χ1n) is 8.66. The SMILES string of the molecule is N#Cc1ccccc1N1CCN(C(=O)c2n[nH]c(=O)c3ccccc23)CC1=O. The Bertz CT molecular complexity index is 1190. The van der Waals surface area contributed by atoms with Gasteiger partial charge in [-0.25, -0.2) is 5.10 Å². The minimum absolute atomic E-state index is 0.105. The molecular formula is C20H15N5O3. The zero-order valence-electron chi connectivity index (χ0n) is 14.8. The van der Waals surface area contributed by atoms with Gasteiger partial charge < -0.3 is 9.80 Å². The molecule has 0 aliphatic carbocycles. The number of rotatable bonds is 2. The van der Waals surface area contributed by atoms with Crippen LogP contribution in [0.15, 0.2) is 53.3 Å². The first-order chi connectivity index (χ1) is 13.6. The van der Waals surface area contributed by atoms with Crippen molar-refractivity contribution in [1.82, 2.24) is 15.1 Å². The third-order valence-corrected chi connectivity index (χ3v) is 4.72. The minimum atomic E-state index is -0.422. The third-order valence-electron chi connectivity index (χ3n) is 4.72. The second-order valence-electron chi connectivity index (χ2n) is 6.35. The van der Waals surface area contributed by atoms with Crippen LogP contribution >= 0.6 is 0 Å². The van der Waals surface area contributed by atoms with Crippen molar-refractivity contribution in [3.8, 4) is 6.07 Å². The van der Waals surface area contributed by atoms with E-state index in [9.17, 15) is 19.6 Å². The molecule has 4 rings (SSSR count). The van der Waals surface area contributed by atoms with Gasteiger partial charge in [-0.15, -0.1) is 0 Å². The maximum absolute atomic E-state index is 13.0. The van der Waals surface area contributed by atoms with Crippen LogP contribution in [0.25, 0.3) is 10.8 Å². The Balaban J connectivity index is 1.61. The summed E-state index contributed by atoms with van der Waals surface area (Å²) < 4.78 is 0. The van der Waals surface area contributed by atoms with E-state index in [-0.39, 0.29) is 30.2 Å². The van der Waals surface area contributed by atoms with Crippen LogP contribution in [0.2, 0.25) is 0 Å². The average molecular weight is 373 g/mol. The van der Waals surface area contributed by atoms with E-state index in [2.05, 4.69) is 16.3 Å². The monoisotopic (exact) mass is 373 g/mol. The molecule has 2 amide bonds. The molecule has 2 aromatic carbocycles. The number of nitriles is 1. The highest BCUT2D eigenvalue weighted by atomic mass is 16.2. The van der Waals surface area contributed by atoms with Crippen molar-refractivity contribution in [2.45, 2.75) is 0 Å². The number of carbonyl (C=O) groups is 2. The Morgan fingerprint density at radius 3 is 2.50 bits per heavy atom. The number of para-hydroxylation sites is 1. The lowest BCUT2D eigenvalue weighted by molar-refractivity contribution is -0.120. The summed E-state index contributed by atoms with van der Waals surface area (Å²) in [4.78, 5) is 40.5. The van der Waals surface area contributed by atoms with Crippen molar-refractivity contribution < 1.29 is 9.59 Å². The number of anilines is 1. The van der Waals surface area contributed by atoms with Gasteiger partial charge in [0.1, 0.15) is 12.6 Å². The summed E-state index contributed by atoms with van der Waals surface area (Å²) >= 11 is 0. The molecule has 1 aromatic heterocycles. The molecule has 1 aliphatic rings. The summed E-state index contributed by atoms with van der Waals surface area (Å²) in [7, 11) is 0. The smallest absolute Gasteiger partial charge is 0.275 e. The summed E-state index contributed by atoms with van der Waals surface area (Å²) in [5, 5.41) is 16.3. The summed E-state index contributed by atoms with van der Waals surface area (Å²) in [5.74, 6) is -0.704. The molecule has 0 saturated carbocycles. The molecule has 0 spiro atoms.